The van der Waals surface area contributed by atoms with Crippen LogP contribution in [0.2, 0.25) is 0 Å². The molecule has 1 aliphatic carbocycles. The molecule has 19 heavy (non-hydrogen) atoms. The number of ether oxygens (including phenoxy) is 1. The van der Waals surface area contributed by atoms with Crippen molar-refractivity contribution in [2.24, 2.45) is 17.7 Å². The first-order valence-corrected chi connectivity index (χ1v) is 8.41. The maximum atomic E-state index is 5.83. The van der Waals surface area contributed by atoms with Gasteiger partial charge in [0.2, 0.25) is 0 Å². The van der Waals surface area contributed by atoms with Crippen LogP contribution in [0.15, 0.2) is 0 Å². The highest BCUT2D eigenvalue weighted by Gasteiger charge is 2.27. The van der Waals surface area contributed by atoms with Crippen molar-refractivity contribution in [3.05, 3.63) is 0 Å². The molecule has 2 fully saturated rings. The molecule has 4 unspecified atom stereocenters. The molecule has 0 bridgehead atoms. The van der Waals surface area contributed by atoms with Gasteiger partial charge in [0, 0.05) is 12.6 Å². The lowest BCUT2D eigenvalue weighted by Gasteiger charge is -2.35. The first-order valence-electron chi connectivity index (χ1n) is 8.41. The highest BCUT2D eigenvalue weighted by molar-refractivity contribution is 4.82. The van der Waals surface area contributed by atoms with Gasteiger partial charge in [-0.3, -0.25) is 11.3 Å². The Morgan fingerprint density at radius 3 is 2.79 bits per heavy atom. The minimum Gasteiger partial charge on any atom is -0.378 e. The van der Waals surface area contributed by atoms with E-state index in [9.17, 15) is 0 Å². The first-order chi connectivity index (χ1) is 9.33. The second-order valence-electron chi connectivity index (χ2n) is 6.54. The second-order valence-corrected chi connectivity index (χ2v) is 6.54. The predicted molar refractivity (Wildman–Crippen MR) is 79.7 cm³/mol. The fourth-order valence-electron chi connectivity index (χ4n) is 3.92. The molecule has 1 saturated carbocycles. The van der Waals surface area contributed by atoms with Crippen LogP contribution in [0.25, 0.3) is 0 Å². The molecule has 2 rings (SSSR count). The highest BCUT2D eigenvalue weighted by Crippen LogP contribution is 2.34. The van der Waals surface area contributed by atoms with Crippen molar-refractivity contribution < 1.29 is 4.74 Å². The van der Waals surface area contributed by atoms with Gasteiger partial charge in [0.25, 0.3) is 0 Å². The molecule has 0 aromatic heterocycles. The third-order valence-electron chi connectivity index (χ3n) is 5.26. The van der Waals surface area contributed by atoms with Crippen molar-refractivity contribution in [3.8, 4) is 0 Å². The standard InChI is InChI=1S/C16H32N2O/c1-2-13-6-5-7-14(12-13)16(18-17)10-9-15-8-3-4-11-19-15/h13-16,18H,2-12,17H2,1H3. The molecular formula is C16H32N2O. The van der Waals surface area contributed by atoms with Gasteiger partial charge in [-0.15, -0.1) is 0 Å². The van der Waals surface area contributed by atoms with Crippen LogP contribution in [0.3, 0.4) is 0 Å². The topological polar surface area (TPSA) is 47.3 Å². The molecule has 0 aromatic carbocycles. The van der Waals surface area contributed by atoms with E-state index in [1.807, 2.05) is 0 Å². The Morgan fingerprint density at radius 1 is 1.21 bits per heavy atom. The van der Waals surface area contributed by atoms with Crippen LogP contribution in [0.4, 0.5) is 0 Å². The van der Waals surface area contributed by atoms with Crippen LogP contribution in [0.1, 0.15) is 71.1 Å². The normalized spacial score (nSPS) is 34.1. The van der Waals surface area contributed by atoms with Gasteiger partial charge in [-0.1, -0.05) is 26.2 Å². The van der Waals surface area contributed by atoms with E-state index in [-0.39, 0.29) is 0 Å². The van der Waals surface area contributed by atoms with Gasteiger partial charge >= 0.3 is 0 Å². The van der Waals surface area contributed by atoms with Crippen LogP contribution < -0.4 is 11.3 Å². The SMILES string of the molecule is CCC1CCCC(C(CCC2CCCCO2)NN)C1. The summed E-state index contributed by atoms with van der Waals surface area (Å²) in [5.41, 5.74) is 3.10. The van der Waals surface area contributed by atoms with E-state index in [2.05, 4.69) is 12.3 Å². The highest BCUT2D eigenvalue weighted by atomic mass is 16.5. The summed E-state index contributed by atoms with van der Waals surface area (Å²) in [5.74, 6) is 7.53. The summed E-state index contributed by atoms with van der Waals surface area (Å²) in [6.07, 6.45) is 13.6. The zero-order chi connectivity index (χ0) is 13.5. The van der Waals surface area contributed by atoms with E-state index < -0.39 is 0 Å². The van der Waals surface area contributed by atoms with Crippen LogP contribution in [0.5, 0.6) is 0 Å². The lowest BCUT2D eigenvalue weighted by Crippen LogP contribution is -2.43. The molecule has 0 radical (unpaired) electrons. The number of hydrazine groups is 1. The van der Waals surface area contributed by atoms with E-state index in [4.69, 9.17) is 10.6 Å². The Hall–Kier alpha value is -0.120. The summed E-state index contributed by atoms with van der Waals surface area (Å²) in [5, 5.41) is 0. The van der Waals surface area contributed by atoms with Crippen molar-refractivity contribution >= 4 is 0 Å². The molecule has 0 spiro atoms. The fourth-order valence-corrected chi connectivity index (χ4v) is 3.92. The van der Waals surface area contributed by atoms with E-state index >= 15 is 0 Å². The maximum absolute atomic E-state index is 5.83. The zero-order valence-corrected chi connectivity index (χ0v) is 12.6. The summed E-state index contributed by atoms with van der Waals surface area (Å²) in [6, 6.07) is 0.500. The molecular weight excluding hydrogens is 236 g/mol. The molecule has 1 heterocycles. The third kappa shape index (κ3) is 4.73. The molecule has 0 aromatic rings. The fraction of sp³-hybridized carbons (Fsp3) is 1.00. The first kappa shape index (κ1) is 15.3. The lowest BCUT2D eigenvalue weighted by atomic mass is 9.76. The molecule has 1 saturated heterocycles. The molecule has 4 atom stereocenters. The lowest BCUT2D eigenvalue weighted by molar-refractivity contribution is 0.00670. The van der Waals surface area contributed by atoms with Crippen molar-refractivity contribution in [2.45, 2.75) is 83.3 Å². The average Bonchev–Trinajstić information content (AvgIpc) is 2.49. The molecule has 1 aliphatic heterocycles. The number of rotatable bonds is 6. The van der Waals surface area contributed by atoms with Crippen LogP contribution in [-0.4, -0.2) is 18.8 Å². The number of nitrogens with two attached hydrogens (primary N) is 1. The molecule has 2 aliphatic rings. The van der Waals surface area contributed by atoms with E-state index in [0.717, 1.165) is 18.4 Å². The molecule has 3 N–H and O–H groups in total. The predicted octanol–water partition coefficient (Wildman–Crippen LogP) is 3.38. The monoisotopic (exact) mass is 268 g/mol. The number of hydrogen-bond donors (Lipinski definition) is 2. The van der Waals surface area contributed by atoms with Crippen molar-refractivity contribution in [1.29, 1.82) is 0 Å². The van der Waals surface area contributed by atoms with Gasteiger partial charge in [-0.2, -0.15) is 0 Å². The summed E-state index contributed by atoms with van der Waals surface area (Å²) in [4.78, 5) is 0. The Balaban J connectivity index is 1.75. The second kappa shape index (κ2) is 8.23. The van der Waals surface area contributed by atoms with Crippen LogP contribution in [-0.2, 0) is 4.74 Å². The quantitative estimate of drug-likeness (QED) is 0.573. The van der Waals surface area contributed by atoms with Gasteiger partial charge in [-0.25, -0.2) is 0 Å². The minimum atomic E-state index is 0.496. The van der Waals surface area contributed by atoms with E-state index in [1.165, 1.54) is 64.2 Å². The summed E-state index contributed by atoms with van der Waals surface area (Å²) >= 11 is 0. The molecule has 3 heteroatoms. The van der Waals surface area contributed by atoms with Gasteiger partial charge in [0.1, 0.15) is 0 Å². The van der Waals surface area contributed by atoms with Gasteiger partial charge in [0.15, 0.2) is 0 Å². The van der Waals surface area contributed by atoms with Gasteiger partial charge in [-0.05, 0) is 56.8 Å². The maximum Gasteiger partial charge on any atom is 0.0575 e. The van der Waals surface area contributed by atoms with E-state index in [1.54, 1.807) is 0 Å². The summed E-state index contributed by atoms with van der Waals surface area (Å²) < 4.78 is 5.83. The Morgan fingerprint density at radius 2 is 2.11 bits per heavy atom. The zero-order valence-electron chi connectivity index (χ0n) is 12.6. The summed E-state index contributed by atoms with van der Waals surface area (Å²) in [6.45, 7) is 3.29. The van der Waals surface area contributed by atoms with E-state index in [0.29, 0.717) is 12.1 Å². The Kier molecular flexibility index (Phi) is 6.62. The van der Waals surface area contributed by atoms with Crippen LogP contribution >= 0.6 is 0 Å². The Bertz CT molecular complexity index is 241. The number of hydrogen-bond acceptors (Lipinski definition) is 3. The van der Waals surface area contributed by atoms with Crippen molar-refractivity contribution in [1.82, 2.24) is 5.43 Å². The molecule has 0 amide bonds. The smallest absolute Gasteiger partial charge is 0.0575 e. The summed E-state index contributed by atoms with van der Waals surface area (Å²) in [7, 11) is 0. The van der Waals surface area contributed by atoms with Crippen molar-refractivity contribution in [3.63, 3.8) is 0 Å². The number of nitrogens with one attached hydrogen (secondary N) is 1. The average molecular weight is 268 g/mol. The van der Waals surface area contributed by atoms with Gasteiger partial charge < -0.3 is 4.74 Å². The molecule has 112 valence electrons. The minimum absolute atomic E-state index is 0.496. The molecule has 3 nitrogen and oxygen atoms in total. The largest absolute Gasteiger partial charge is 0.378 e. The van der Waals surface area contributed by atoms with Crippen LogP contribution in [0, 0.1) is 11.8 Å². The van der Waals surface area contributed by atoms with Crippen molar-refractivity contribution in [2.75, 3.05) is 6.61 Å². The third-order valence-corrected chi connectivity index (χ3v) is 5.26. The van der Waals surface area contributed by atoms with Gasteiger partial charge in [0.05, 0.1) is 6.10 Å². The Labute approximate surface area is 118 Å².